The minimum absolute atomic E-state index is 0.315. The maximum Gasteiger partial charge on any atom is 0.337 e. The van der Waals surface area contributed by atoms with Gasteiger partial charge >= 0.3 is 11.9 Å². The van der Waals surface area contributed by atoms with Crippen molar-refractivity contribution in [1.82, 2.24) is 9.97 Å². The summed E-state index contributed by atoms with van der Waals surface area (Å²) in [6.07, 6.45) is 0. The monoisotopic (exact) mass is 443 g/mol. The van der Waals surface area contributed by atoms with Crippen LogP contribution in [0, 0.1) is 5.92 Å². The fourth-order valence-electron chi connectivity index (χ4n) is 3.39. The van der Waals surface area contributed by atoms with Crippen LogP contribution < -0.4 is 10.9 Å². The standard InChI is InChI=1S/C22H25N3O5S/c1-11(2)10-31-22-24-18-17(19(26)25-22)16(15(12(3)23-18)21(28)30-5)13-6-8-14(9-7-13)20(27)29-4/h6-9,11,16H,10H2,1-5H3,(H2,23,24,25,26)/t16-/m1/s1. The van der Waals surface area contributed by atoms with Gasteiger partial charge in [-0.2, -0.15) is 0 Å². The van der Waals surface area contributed by atoms with E-state index in [1.165, 1.54) is 26.0 Å². The molecule has 1 aliphatic heterocycles. The Morgan fingerprint density at radius 2 is 1.77 bits per heavy atom. The van der Waals surface area contributed by atoms with E-state index in [1.54, 1.807) is 31.2 Å². The van der Waals surface area contributed by atoms with Crippen LogP contribution in [-0.2, 0) is 14.3 Å². The van der Waals surface area contributed by atoms with Gasteiger partial charge in [-0.1, -0.05) is 37.7 Å². The van der Waals surface area contributed by atoms with E-state index in [-0.39, 0.29) is 5.56 Å². The first-order valence-electron chi connectivity index (χ1n) is 9.78. The van der Waals surface area contributed by atoms with Gasteiger partial charge in [0.15, 0.2) is 5.16 Å². The molecule has 0 fully saturated rings. The maximum absolute atomic E-state index is 13.1. The molecule has 0 saturated heterocycles. The number of methoxy groups -OCH3 is 2. The predicted octanol–water partition coefficient (Wildman–Crippen LogP) is 3.31. The van der Waals surface area contributed by atoms with E-state index in [2.05, 4.69) is 29.1 Å². The lowest BCUT2D eigenvalue weighted by molar-refractivity contribution is -0.136. The van der Waals surface area contributed by atoms with Crippen LogP contribution in [0.4, 0.5) is 5.82 Å². The first kappa shape index (κ1) is 22.6. The van der Waals surface area contributed by atoms with Gasteiger partial charge in [0.1, 0.15) is 5.82 Å². The lowest BCUT2D eigenvalue weighted by Gasteiger charge is -2.28. The van der Waals surface area contributed by atoms with E-state index in [0.29, 0.717) is 44.9 Å². The number of carbonyl (C=O) groups is 2. The molecule has 0 bridgehead atoms. The predicted molar refractivity (Wildman–Crippen MR) is 118 cm³/mol. The van der Waals surface area contributed by atoms with Crippen molar-refractivity contribution in [2.24, 2.45) is 5.92 Å². The van der Waals surface area contributed by atoms with Crippen LogP contribution in [0.25, 0.3) is 0 Å². The molecule has 1 aliphatic rings. The van der Waals surface area contributed by atoms with Gasteiger partial charge in [0, 0.05) is 11.4 Å². The molecule has 0 aliphatic carbocycles. The van der Waals surface area contributed by atoms with Crippen LogP contribution >= 0.6 is 11.8 Å². The second-order valence-corrected chi connectivity index (χ2v) is 8.55. The zero-order chi connectivity index (χ0) is 22.7. The molecule has 1 aromatic heterocycles. The molecule has 2 heterocycles. The fraction of sp³-hybridized carbons (Fsp3) is 0.364. The summed E-state index contributed by atoms with van der Waals surface area (Å²) in [6.45, 7) is 5.92. The van der Waals surface area contributed by atoms with E-state index in [1.807, 2.05) is 0 Å². The zero-order valence-corrected chi connectivity index (χ0v) is 18.9. The van der Waals surface area contributed by atoms with Gasteiger partial charge in [0.25, 0.3) is 5.56 Å². The Kier molecular flexibility index (Phi) is 6.84. The molecule has 164 valence electrons. The van der Waals surface area contributed by atoms with Gasteiger partial charge in [-0.25, -0.2) is 14.6 Å². The van der Waals surface area contributed by atoms with Crippen LogP contribution in [0.15, 0.2) is 45.5 Å². The molecule has 0 amide bonds. The second kappa shape index (κ2) is 9.38. The van der Waals surface area contributed by atoms with Crippen LogP contribution in [0.2, 0.25) is 0 Å². The number of aromatic amines is 1. The van der Waals surface area contributed by atoms with E-state index in [0.717, 1.165) is 5.75 Å². The smallest absolute Gasteiger partial charge is 0.337 e. The van der Waals surface area contributed by atoms with E-state index < -0.39 is 17.9 Å². The van der Waals surface area contributed by atoms with Crippen molar-refractivity contribution in [2.45, 2.75) is 31.8 Å². The van der Waals surface area contributed by atoms with Crippen LogP contribution in [-0.4, -0.2) is 41.9 Å². The van der Waals surface area contributed by atoms with E-state index in [4.69, 9.17) is 9.47 Å². The topological polar surface area (TPSA) is 110 Å². The first-order valence-corrected chi connectivity index (χ1v) is 10.8. The third-order valence-electron chi connectivity index (χ3n) is 4.84. The Labute approximate surface area is 184 Å². The minimum atomic E-state index is -0.698. The third kappa shape index (κ3) is 4.66. The van der Waals surface area contributed by atoms with Crippen molar-refractivity contribution in [3.05, 3.63) is 62.6 Å². The summed E-state index contributed by atoms with van der Waals surface area (Å²) in [4.78, 5) is 44.9. The normalized spacial score (nSPS) is 15.4. The van der Waals surface area contributed by atoms with Crippen molar-refractivity contribution < 1.29 is 19.1 Å². The van der Waals surface area contributed by atoms with Crippen molar-refractivity contribution in [2.75, 3.05) is 25.3 Å². The molecule has 0 radical (unpaired) electrons. The Bertz CT molecular complexity index is 1090. The lowest BCUT2D eigenvalue weighted by atomic mass is 9.82. The summed E-state index contributed by atoms with van der Waals surface area (Å²) < 4.78 is 9.73. The number of hydrogen-bond donors (Lipinski definition) is 2. The number of fused-ring (bicyclic) bond motifs is 1. The molecular formula is C22H25N3O5S. The summed E-state index contributed by atoms with van der Waals surface area (Å²) in [5.41, 5.74) is 1.89. The highest BCUT2D eigenvalue weighted by Crippen LogP contribution is 2.40. The van der Waals surface area contributed by atoms with Gasteiger partial charge in [0.2, 0.25) is 0 Å². The molecular weight excluding hydrogens is 418 g/mol. The number of nitrogens with zero attached hydrogens (tertiary/aromatic N) is 1. The number of rotatable bonds is 6. The highest BCUT2D eigenvalue weighted by molar-refractivity contribution is 7.99. The van der Waals surface area contributed by atoms with Crippen molar-refractivity contribution in [3.63, 3.8) is 0 Å². The van der Waals surface area contributed by atoms with Gasteiger partial charge in [-0.05, 0) is 30.5 Å². The number of aromatic nitrogens is 2. The minimum Gasteiger partial charge on any atom is -0.466 e. The number of nitrogens with one attached hydrogen (secondary N) is 2. The van der Waals surface area contributed by atoms with Crippen LogP contribution in [0.1, 0.15) is 48.2 Å². The van der Waals surface area contributed by atoms with E-state index in [9.17, 15) is 14.4 Å². The zero-order valence-electron chi connectivity index (χ0n) is 18.1. The summed E-state index contributed by atoms with van der Waals surface area (Å²) in [5.74, 6) is -0.0627. The maximum atomic E-state index is 13.1. The number of esters is 2. The average molecular weight is 444 g/mol. The quantitative estimate of drug-likeness (QED) is 0.397. The molecule has 1 aromatic carbocycles. The van der Waals surface area contributed by atoms with Gasteiger partial charge in [0.05, 0.1) is 36.8 Å². The number of hydrogen-bond acceptors (Lipinski definition) is 8. The van der Waals surface area contributed by atoms with Crippen molar-refractivity contribution in [3.8, 4) is 0 Å². The Hall–Kier alpha value is -3.07. The second-order valence-electron chi connectivity index (χ2n) is 7.54. The molecule has 2 N–H and O–H groups in total. The molecule has 3 rings (SSSR count). The third-order valence-corrected chi connectivity index (χ3v) is 6.14. The largest absolute Gasteiger partial charge is 0.466 e. The van der Waals surface area contributed by atoms with Gasteiger partial charge < -0.3 is 19.8 Å². The lowest BCUT2D eigenvalue weighted by Crippen LogP contribution is -2.31. The number of ether oxygens (including phenoxy) is 2. The molecule has 0 saturated carbocycles. The molecule has 2 aromatic rings. The SMILES string of the molecule is COC(=O)C1=C(C)Nc2nc(SCC(C)C)[nH]c(=O)c2[C@@H]1c1ccc(C(=O)OC)cc1. The Balaban J connectivity index is 2.14. The average Bonchev–Trinajstić information content (AvgIpc) is 2.75. The van der Waals surface area contributed by atoms with Gasteiger partial charge in [-0.15, -0.1) is 0 Å². The van der Waals surface area contributed by atoms with Crippen molar-refractivity contribution >= 4 is 29.5 Å². The highest BCUT2D eigenvalue weighted by atomic mass is 32.2. The number of allylic oxidation sites excluding steroid dienone is 1. The molecule has 0 unspecified atom stereocenters. The van der Waals surface area contributed by atoms with Crippen LogP contribution in [0.5, 0.6) is 0 Å². The molecule has 9 heteroatoms. The fourth-order valence-corrected chi connectivity index (χ4v) is 4.20. The van der Waals surface area contributed by atoms with Crippen LogP contribution in [0.3, 0.4) is 0 Å². The number of H-pyrrole nitrogens is 1. The summed E-state index contributed by atoms with van der Waals surface area (Å²) in [6, 6.07) is 6.59. The van der Waals surface area contributed by atoms with Crippen molar-refractivity contribution in [1.29, 1.82) is 0 Å². The molecule has 8 nitrogen and oxygen atoms in total. The highest BCUT2D eigenvalue weighted by Gasteiger charge is 2.36. The van der Waals surface area contributed by atoms with E-state index >= 15 is 0 Å². The first-order chi connectivity index (χ1) is 14.8. The molecule has 0 spiro atoms. The number of benzene rings is 1. The number of anilines is 1. The van der Waals surface area contributed by atoms with Gasteiger partial charge in [-0.3, -0.25) is 4.79 Å². The molecule has 31 heavy (non-hydrogen) atoms. The number of thioether (sulfide) groups is 1. The number of carbonyl (C=O) groups excluding carboxylic acids is 2. The summed E-state index contributed by atoms with van der Waals surface area (Å²) >= 11 is 1.47. The Morgan fingerprint density at radius 3 is 2.35 bits per heavy atom. The molecule has 1 atom stereocenters. The Morgan fingerprint density at radius 1 is 1.13 bits per heavy atom. The summed E-state index contributed by atoms with van der Waals surface area (Å²) in [5, 5.41) is 3.61. The summed E-state index contributed by atoms with van der Waals surface area (Å²) in [7, 11) is 2.60.